The Balaban J connectivity index is 2.06. The molecule has 3 aromatic rings. The molecule has 29 heavy (non-hydrogen) atoms. The number of nitrogens with one attached hydrogen (secondary N) is 1. The van der Waals surface area contributed by atoms with Crippen molar-refractivity contribution in [2.75, 3.05) is 33.6 Å². The first-order chi connectivity index (χ1) is 13.8. The molecule has 3 rings (SSSR count). The Kier molecular flexibility index (Phi) is 5.69. The maximum absolute atomic E-state index is 13.0. The molecule has 0 unspecified atom stereocenters. The molecule has 152 valence electrons. The highest BCUT2D eigenvalue weighted by Crippen LogP contribution is 2.33. The zero-order valence-corrected chi connectivity index (χ0v) is 16.6. The lowest BCUT2D eigenvalue weighted by atomic mass is 10.1. The topological polar surface area (TPSA) is 105 Å². The third-order valence-electron chi connectivity index (χ3n) is 4.31. The second-order valence-electron chi connectivity index (χ2n) is 6.59. The van der Waals surface area contributed by atoms with Gasteiger partial charge in [-0.3, -0.25) is 4.79 Å². The van der Waals surface area contributed by atoms with Crippen molar-refractivity contribution in [1.29, 1.82) is 0 Å². The quantitative estimate of drug-likeness (QED) is 0.629. The van der Waals surface area contributed by atoms with Crippen molar-refractivity contribution in [3.63, 3.8) is 0 Å². The summed E-state index contributed by atoms with van der Waals surface area (Å²) in [7, 11) is 6.62. The number of methoxy groups -OCH3 is 2. The summed E-state index contributed by atoms with van der Waals surface area (Å²) in [6, 6.07) is 8.21. The maximum Gasteiger partial charge on any atom is 0.337 e. The van der Waals surface area contributed by atoms with Crippen molar-refractivity contribution < 1.29 is 24.2 Å². The molecule has 0 bridgehead atoms. The van der Waals surface area contributed by atoms with Gasteiger partial charge in [0.2, 0.25) is 0 Å². The minimum absolute atomic E-state index is 0.0907. The highest BCUT2D eigenvalue weighted by atomic mass is 16.5. The molecule has 0 saturated heterocycles. The molecule has 0 aliphatic rings. The molecule has 1 amide bonds. The van der Waals surface area contributed by atoms with Crippen molar-refractivity contribution in [3.8, 4) is 11.5 Å². The van der Waals surface area contributed by atoms with E-state index < -0.39 is 11.9 Å². The van der Waals surface area contributed by atoms with Crippen LogP contribution in [-0.2, 0) is 6.54 Å². The number of aromatic nitrogens is 2. The number of carbonyl (C=O) groups excluding carboxylic acids is 1. The largest absolute Gasteiger partial charge is 0.493 e. The number of ether oxygens (including phenoxy) is 2. The Morgan fingerprint density at radius 1 is 1.17 bits per heavy atom. The molecule has 9 nitrogen and oxygen atoms in total. The Morgan fingerprint density at radius 3 is 2.48 bits per heavy atom. The number of carbonyl (C=O) groups is 2. The average Bonchev–Trinajstić information content (AvgIpc) is 3.05. The van der Waals surface area contributed by atoms with Gasteiger partial charge in [0.25, 0.3) is 5.91 Å². The van der Waals surface area contributed by atoms with Crippen molar-refractivity contribution in [3.05, 3.63) is 53.5 Å². The fourth-order valence-corrected chi connectivity index (χ4v) is 3.02. The lowest BCUT2D eigenvalue weighted by Gasteiger charge is -2.14. The van der Waals surface area contributed by atoms with Gasteiger partial charge in [-0.05, 0) is 26.2 Å². The van der Waals surface area contributed by atoms with E-state index in [4.69, 9.17) is 9.47 Å². The van der Waals surface area contributed by atoms with Crippen LogP contribution in [0, 0.1) is 0 Å². The van der Waals surface area contributed by atoms with E-state index in [2.05, 4.69) is 10.3 Å². The summed E-state index contributed by atoms with van der Waals surface area (Å²) < 4.78 is 12.2. The summed E-state index contributed by atoms with van der Waals surface area (Å²) in [4.78, 5) is 31.1. The van der Waals surface area contributed by atoms with Crippen LogP contribution in [0.25, 0.3) is 5.65 Å². The number of pyridine rings is 1. The Labute approximate surface area is 167 Å². The number of benzene rings is 1. The second-order valence-corrected chi connectivity index (χ2v) is 6.59. The molecule has 2 aromatic heterocycles. The van der Waals surface area contributed by atoms with Crippen molar-refractivity contribution >= 4 is 23.2 Å². The number of nitrogens with zero attached hydrogens (tertiary/aromatic N) is 3. The molecule has 0 atom stereocenters. The molecular weight excluding hydrogens is 376 g/mol. The standard InChI is InChI=1S/C20H22N4O5/c1-23(2)11-14-18(22-17-7-5-6-8-24(14)17)19(25)21-13-10-16(29-4)15(28-3)9-12(13)20(26)27/h5-10H,11H2,1-4H3,(H,21,25)(H,26,27). The summed E-state index contributed by atoms with van der Waals surface area (Å²) >= 11 is 0. The molecule has 0 saturated carbocycles. The molecule has 1 aromatic carbocycles. The van der Waals surface area contributed by atoms with Crippen LogP contribution in [0.15, 0.2) is 36.5 Å². The van der Waals surface area contributed by atoms with Gasteiger partial charge in [0.05, 0.1) is 31.2 Å². The zero-order chi connectivity index (χ0) is 21.1. The van der Waals surface area contributed by atoms with E-state index >= 15 is 0 Å². The minimum atomic E-state index is -1.20. The first-order valence-corrected chi connectivity index (χ1v) is 8.77. The first-order valence-electron chi connectivity index (χ1n) is 8.77. The molecule has 0 fully saturated rings. The number of rotatable bonds is 7. The van der Waals surface area contributed by atoms with Crippen LogP contribution in [0.2, 0.25) is 0 Å². The van der Waals surface area contributed by atoms with Gasteiger partial charge in [0.1, 0.15) is 5.65 Å². The Hall–Kier alpha value is -3.59. The summed E-state index contributed by atoms with van der Waals surface area (Å²) in [5.41, 5.74) is 1.51. The van der Waals surface area contributed by atoms with Gasteiger partial charge < -0.3 is 29.2 Å². The molecule has 0 spiro atoms. The smallest absolute Gasteiger partial charge is 0.337 e. The number of amides is 1. The number of aromatic carboxylic acids is 1. The van der Waals surface area contributed by atoms with Gasteiger partial charge in [-0.15, -0.1) is 0 Å². The highest BCUT2D eigenvalue weighted by molar-refractivity contribution is 6.08. The highest BCUT2D eigenvalue weighted by Gasteiger charge is 2.23. The number of carboxylic acids is 1. The second kappa shape index (κ2) is 8.19. The van der Waals surface area contributed by atoms with E-state index in [-0.39, 0.29) is 22.7 Å². The van der Waals surface area contributed by atoms with Crippen LogP contribution in [0.1, 0.15) is 26.5 Å². The lowest BCUT2D eigenvalue weighted by Crippen LogP contribution is -2.20. The number of carboxylic acid groups (broad SMARTS) is 1. The lowest BCUT2D eigenvalue weighted by molar-refractivity contribution is 0.0697. The fourth-order valence-electron chi connectivity index (χ4n) is 3.02. The summed E-state index contributed by atoms with van der Waals surface area (Å²) in [5, 5.41) is 12.2. The SMILES string of the molecule is COc1cc(NC(=O)c2nc3ccccn3c2CN(C)C)c(C(=O)O)cc1OC. The van der Waals surface area contributed by atoms with Crippen LogP contribution in [-0.4, -0.2) is 59.6 Å². The summed E-state index contributed by atoms with van der Waals surface area (Å²) in [6.07, 6.45) is 1.83. The van der Waals surface area contributed by atoms with Crippen LogP contribution >= 0.6 is 0 Å². The number of anilines is 1. The van der Waals surface area contributed by atoms with Crippen LogP contribution < -0.4 is 14.8 Å². The van der Waals surface area contributed by atoms with E-state index in [9.17, 15) is 14.7 Å². The monoisotopic (exact) mass is 398 g/mol. The Morgan fingerprint density at radius 2 is 1.86 bits per heavy atom. The third-order valence-corrected chi connectivity index (χ3v) is 4.31. The predicted molar refractivity (Wildman–Crippen MR) is 107 cm³/mol. The average molecular weight is 398 g/mol. The van der Waals surface area contributed by atoms with E-state index in [1.54, 1.807) is 6.07 Å². The van der Waals surface area contributed by atoms with Crippen molar-refractivity contribution in [2.24, 2.45) is 0 Å². The minimum Gasteiger partial charge on any atom is -0.493 e. The number of hydrogen-bond acceptors (Lipinski definition) is 6. The van der Waals surface area contributed by atoms with Crippen molar-refractivity contribution in [1.82, 2.24) is 14.3 Å². The normalized spacial score (nSPS) is 10.9. The fraction of sp³-hybridized carbons (Fsp3) is 0.250. The van der Waals surface area contributed by atoms with E-state index in [0.29, 0.717) is 23.6 Å². The number of fused-ring (bicyclic) bond motifs is 1. The summed E-state index contributed by atoms with van der Waals surface area (Å²) in [6.45, 7) is 0.478. The molecule has 2 heterocycles. The van der Waals surface area contributed by atoms with Crippen LogP contribution in [0.4, 0.5) is 5.69 Å². The van der Waals surface area contributed by atoms with Crippen molar-refractivity contribution in [2.45, 2.75) is 6.54 Å². The predicted octanol–water partition coefficient (Wildman–Crippen LogP) is 2.36. The van der Waals surface area contributed by atoms with E-state index in [0.717, 1.165) is 0 Å². The van der Waals surface area contributed by atoms with Gasteiger partial charge in [0, 0.05) is 24.9 Å². The summed E-state index contributed by atoms with van der Waals surface area (Å²) in [5.74, 6) is -1.16. The zero-order valence-electron chi connectivity index (χ0n) is 16.6. The van der Waals surface area contributed by atoms with Gasteiger partial charge in [0.15, 0.2) is 17.2 Å². The van der Waals surface area contributed by atoms with Crippen LogP contribution in [0.5, 0.6) is 11.5 Å². The maximum atomic E-state index is 13.0. The third kappa shape index (κ3) is 3.99. The van der Waals surface area contributed by atoms with Crippen LogP contribution in [0.3, 0.4) is 0 Å². The van der Waals surface area contributed by atoms with Gasteiger partial charge in [-0.2, -0.15) is 0 Å². The number of hydrogen-bond donors (Lipinski definition) is 2. The molecular formula is C20H22N4O5. The van der Waals surface area contributed by atoms with E-state index in [1.165, 1.54) is 26.4 Å². The molecule has 0 aliphatic heterocycles. The Bertz CT molecular complexity index is 1070. The number of imidazole rings is 1. The molecule has 9 heteroatoms. The van der Waals surface area contributed by atoms with Gasteiger partial charge in [-0.25, -0.2) is 9.78 Å². The van der Waals surface area contributed by atoms with E-state index in [1.807, 2.05) is 41.7 Å². The first kappa shape index (κ1) is 20.2. The molecule has 0 radical (unpaired) electrons. The molecule has 0 aliphatic carbocycles. The van der Waals surface area contributed by atoms with Gasteiger partial charge in [-0.1, -0.05) is 6.07 Å². The molecule has 2 N–H and O–H groups in total. The van der Waals surface area contributed by atoms with Gasteiger partial charge >= 0.3 is 5.97 Å².